The Morgan fingerprint density at radius 3 is 2.66 bits per heavy atom. The topological polar surface area (TPSA) is 62.3 Å². The summed E-state index contributed by atoms with van der Waals surface area (Å²) in [4.78, 5) is 31.9. The van der Waals surface area contributed by atoms with Gasteiger partial charge in [0.1, 0.15) is 0 Å². The highest BCUT2D eigenvalue weighted by Crippen LogP contribution is 2.37. The van der Waals surface area contributed by atoms with Crippen LogP contribution in [-0.2, 0) is 16.1 Å². The van der Waals surface area contributed by atoms with Crippen molar-refractivity contribution < 1.29 is 19.1 Å². The number of hydrogen-bond donors (Lipinski definition) is 0. The molecular weight excluding hydrogens is 430 g/mol. The summed E-state index contributed by atoms with van der Waals surface area (Å²) in [7, 11) is 0. The second-order valence-electron chi connectivity index (χ2n) is 8.52. The molecule has 1 atom stereocenters. The van der Waals surface area contributed by atoms with Crippen LogP contribution in [0, 0.1) is 5.92 Å². The molecule has 32 heavy (non-hydrogen) atoms. The summed E-state index contributed by atoms with van der Waals surface area (Å²) >= 11 is 5.98. The maximum Gasteiger partial charge on any atom is 0.231 e. The molecule has 0 N–H and O–H groups in total. The lowest BCUT2D eigenvalue weighted by atomic mass is 10.1. The van der Waals surface area contributed by atoms with Gasteiger partial charge in [0.25, 0.3) is 0 Å². The molecule has 2 aromatic rings. The molecular formula is C24H26ClN3O4. The van der Waals surface area contributed by atoms with Crippen molar-refractivity contribution in [2.45, 2.75) is 19.4 Å². The summed E-state index contributed by atoms with van der Waals surface area (Å²) < 4.78 is 10.8. The first kappa shape index (κ1) is 21.1. The van der Waals surface area contributed by atoms with Crippen LogP contribution in [0.3, 0.4) is 0 Å². The first-order valence-electron chi connectivity index (χ1n) is 11.0. The molecule has 3 aliphatic rings. The first-order valence-corrected chi connectivity index (χ1v) is 11.4. The third kappa shape index (κ3) is 4.40. The molecule has 5 rings (SSSR count). The summed E-state index contributed by atoms with van der Waals surface area (Å²) in [5.74, 6) is 1.06. The number of anilines is 1. The first-order chi connectivity index (χ1) is 15.6. The molecule has 3 aliphatic heterocycles. The van der Waals surface area contributed by atoms with Gasteiger partial charge in [0.05, 0.1) is 5.92 Å². The Labute approximate surface area is 192 Å². The Morgan fingerprint density at radius 1 is 1.00 bits per heavy atom. The highest BCUT2D eigenvalue weighted by atomic mass is 35.5. The van der Waals surface area contributed by atoms with Gasteiger partial charge in [0.2, 0.25) is 18.6 Å². The molecule has 0 aromatic heterocycles. The number of carbonyl (C=O) groups is 2. The van der Waals surface area contributed by atoms with Crippen LogP contribution in [0.5, 0.6) is 11.5 Å². The summed E-state index contributed by atoms with van der Waals surface area (Å²) in [6.45, 7) is 4.62. The molecule has 0 saturated carbocycles. The zero-order valence-electron chi connectivity index (χ0n) is 17.8. The highest BCUT2D eigenvalue weighted by Gasteiger charge is 2.38. The van der Waals surface area contributed by atoms with E-state index in [1.165, 1.54) is 5.56 Å². The lowest BCUT2D eigenvalue weighted by molar-refractivity contribution is -0.135. The molecule has 3 heterocycles. The number of benzene rings is 2. The monoisotopic (exact) mass is 455 g/mol. The Balaban J connectivity index is 1.19. The predicted octanol–water partition coefficient (Wildman–Crippen LogP) is 3.16. The van der Waals surface area contributed by atoms with Crippen molar-refractivity contribution in [2.75, 3.05) is 44.4 Å². The number of hydrogen-bond acceptors (Lipinski definition) is 5. The van der Waals surface area contributed by atoms with Gasteiger partial charge in [-0.15, -0.1) is 0 Å². The number of amides is 2. The van der Waals surface area contributed by atoms with E-state index in [9.17, 15) is 9.59 Å². The van der Waals surface area contributed by atoms with E-state index in [1.54, 1.807) is 4.90 Å². The average Bonchev–Trinajstić information content (AvgIpc) is 3.35. The number of carbonyl (C=O) groups excluding carboxylic acids is 2. The third-order valence-electron chi connectivity index (χ3n) is 6.36. The second-order valence-corrected chi connectivity index (χ2v) is 8.96. The fourth-order valence-electron chi connectivity index (χ4n) is 4.63. The standard InChI is InChI=1S/C24H26ClN3O4/c25-19-4-2-17(3-5-19)14-26-8-1-9-27(11-10-26)24(30)18-12-23(29)28(15-18)20-6-7-21-22(13-20)32-16-31-21/h2-7,13,18H,1,8-12,14-16H2/t18-/m0/s1. The van der Waals surface area contributed by atoms with Crippen molar-refractivity contribution >= 4 is 29.1 Å². The van der Waals surface area contributed by atoms with Crippen LogP contribution in [0.25, 0.3) is 0 Å². The molecule has 8 heteroatoms. The highest BCUT2D eigenvalue weighted by molar-refractivity contribution is 6.30. The number of ether oxygens (including phenoxy) is 2. The van der Waals surface area contributed by atoms with Gasteiger partial charge in [0, 0.05) is 62.5 Å². The zero-order valence-corrected chi connectivity index (χ0v) is 18.6. The van der Waals surface area contributed by atoms with Gasteiger partial charge in [-0.1, -0.05) is 23.7 Å². The molecule has 0 spiro atoms. The maximum atomic E-state index is 13.2. The van der Waals surface area contributed by atoms with Crippen molar-refractivity contribution in [1.82, 2.24) is 9.80 Å². The fourth-order valence-corrected chi connectivity index (χ4v) is 4.76. The van der Waals surface area contributed by atoms with Gasteiger partial charge >= 0.3 is 0 Å². The molecule has 0 bridgehead atoms. The van der Waals surface area contributed by atoms with Crippen LogP contribution < -0.4 is 14.4 Å². The van der Waals surface area contributed by atoms with E-state index in [0.29, 0.717) is 24.6 Å². The fraction of sp³-hybridized carbons (Fsp3) is 0.417. The molecule has 2 saturated heterocycles. The number of nitrogens with zero attached hydrogens (tertiary/aromatic N) is 3. The maximum absolute atomic E-state index is 13.2. The van der Waals surface area contributed by atoms with E-state index in [1.807, 2.05) is 47.4 Å². The van der Waals surface area contributed by atoms with Crippen molar-refractivity contribution in [3.05, 3.63) is 53.1 Å². The minimum atomic E-state index is -0.310. The van der Waals surface area contributed by atoms with E-state index in [2.05, 4.69) is 4.90 Å². The molecule has 2 amide bonds. The van der Waals surface area contributed by atoms with Gasteiger partial charge < -0.3 is 19.3 Å². The van der Waals surface area contributed by atoms with E-state index in [4.69, 9.17) is 21.1 Å². The lowest BCUT2D eigenvalue weighted by Gasteiger charge is -2.24. The minimum absolute atomic E-state index is 0.0265. The van der Waals surface area contributed by atoms with Gasteiger partial charge in [0.15, 0.2) is 11.5 Å². The van der Waals surface area contributed by atoms with Crippen LogP contribution in [0.15, 0.2) is 42.5 Å². The molecule has 0 unspecified atom stereocenters. The minimum Gasteiger partial charge on any atom is -0.454 e. The Hall–Kier alpha value is -2.77. The van der Waals surface area contributed by atoms with Crippen molar-refractivity contribution in [2.24, 2.45) is 5.92 Å². The molecule has 7 nitrogen and oxygen atoms in total. The predicted molar refractivity (Wildman–Crippen MR) is 121 cm³/mol. The van der Waals surface area contributed by atoms with Gasteiger partial charge in [-0.2, -0.15) is 0 Å². The van der Waals surface area contributed by atoms with E-state index in [0.717, 1.165) is 43.3 Å². The van der Waals surface area contributed by atoms with Gasteiger partial charge in [-0.25, -0.2) is 0 Å². The lowest BCUT2D eigenvalue weighted by Crippen LogP contribution is -2.39. The number of halogens is 1. The second kappa shape index (κ2) is 9.00. The van der Waals surface area contributed by atoms with Crippen LogP contribution in [-0.4, -0.2) is 61.1 Å². The van der Waals surface area contributed by atoms with E-state index >= 15 is 0 Å². The largest absolute Gasteiger partial charge is 0.454 e. The summed E-state index contributed by atoms with van der Waals surface area (Å²) in [6.07, 6.45) is 1.17. The van der Waals surface area contributed by atoms with Gasteiger partial charge in [-0.3, -0.25) is 14.5 Å². The number of rotatable bonds is 4. The third-order valence-corrected chi connectivity index (χ3v) is 6.61. The molecule has 0 radical (unpaired) electrons. The van der Waals surface area contributed by atoms with E-state index in [-0.39, 0.29) is 30.9 Å². The Kier molecular flexibility index (Phi) is 5.93. The average molecular weight is 456 g/mol. The molecule has 2 aromatic carbocycles. The number of fused-ring (bicyclic) bond motifs is 1. The van der Waals surface area contributed by atoms with Crippen LogP contribution >= 0.6 is 11.6 Å². The molecule has 2 fully saturated rings. The smallest absolute Gasteiger partial charge is 0.231 e. The molecule has 0 aliphatic carbocycles. The quantitative estimate of drug-likeness (QED) is 0.708. The molecule has 168 valence electrons. The van der Waals surface area contributed by atoms with E-state index < -0.39 is 0 Å². The van der Waals surface area contributed by atoms with Crippen molar-refractivity contribution in [3.63, 3.8) is 0 Å². The van der Waals surface area contributed by atoms with Crippen molar-refractivity contribution in [1.29, 1.82) is 0 Å². The van der Waals surface area contributed by atoms with Crippen LogP contribution in [0.2, 0.25) is 5.02 Å². The normalized spacial score (nSPS) is 21.2. The summed E-state index contributed by atoms with van der Waals surface area (Å²) in [5, 5.41) is 0.738. The Bertz CT molecular complexity index is 1010. The van der Waals surface area contributed by atoms with Gasteiger partial charge in [-0.05, 0) is 36.2 Å². The van der Waals surface area contributed by atoms with Crippen LogP contribution in [0.4, 0.5) is 5.69 Å². The zero-order chi connectivity index (χ0) is 22.1. The SMILES string of the molecule is O=C([C@H]1CC(=O)N(c2ccc3c(c2)OCO3)C1)N1CCCN(Cc2ccc(Cl)cc2)CC1. The summed E-state index contributed by atoms with van der Waals surface area (Å²) in [5.41, 5.74) is 1.97. The van der Waals surface area contributed by atoms with Crippen molar-refractivity contribution in [3.8, 4) is 11.5 Å². The summed E-state index contributed by atoms with van der Waals surface area (Å²) in [6, 6.07) is 13.4. The van der Waals surface area contributed by atoms with Crippen LogP contribution in [0.1, 0.15) is 18.4 Å². The Morgan fingerprint density at radius 2 is 1.81 bits per heavy atom.